The normalized spacial score (nSPS) is 24.9. The summed E-state index contributed by atoms with van der Waals surface area (Å²) in [6.45, 7) is 7.28. The summed E-state index contributed by atoms with van der Waals surface area (Å²) >= 11 is 0. The Morgan fingerprint density at radius 1 is 1.40 bits per heavy atom. The van der Waals surface area contributed by atoms with Crippen molar-refractivity contribution in [2.75, 3.05) is 12.3 Å². The molecule has 2 unspecified atom stereocenters. The van der Waals surface area contributed by atoms with E-state index in [0.29, 0.717) is 19.0 Å². The molecule has 0 radical (unpaired) electrons. The van der Waals surface area contributed by atoms with Crippen LogP contribution in [0.3, 0.4) is 0 Å². The van der Waals surface area contributed by atoms with Gasteiger partial charge in [-0.3, -0.25) is 4.68 Å². The summed E-state index contributed by atoms with van der Waals surface area (Å²) in [6.07, 6.45) is 4.40. The van der Waals surface area contributed by atoms with Crippen LogP contribution in [0.1, 0.15) is 40.0 Å². The van der Waals surface area contributed by atoms with Gasteiger partial charge in [0.15, 0.2) is 5.82 Å². The zero-order valence-electron chi connectivity index (χ0n) is 12.4. The molecule has 2 N–H and O–H groups in total. The second-order valence-electron chi connectivity index (χ2n) is 5.75. The second-order valence-corrected chi connectivity index (χ2v) is 7.61. The highest BCUT2D eigenvalue weighted by Crippen LogP contribution is 2.29. The maximum atomic E-state index is 12.8. The molecule has 0 spiro atoms. The van der Waals surface area contributed by atoms with Gasteiger partial charge in [-0.1, -0.05) is 13.8 Å². The molecule has 1 aliphatic heterocycles. The third-order valence-electron chi connectivity index (χ3n) is 3.85. The van der Waals surface area contributed by atoms with E-state index >= 15 is 0 Å². The molecule has 0 saturated carbocycles. The van der Waals surface area contributed by atoms with Gasteiger partial charge in [-0.25, -0.2) is 8.42 Å². The van der Waals surface area contributed by atoms with E-state index in [2.05, 4.69) is 12.0 Å². The molecule has 1 saturated heterocycles. The van der Waals surface area contributed by atoms with Crippen LogP contribution in [-0.4, -0.2) is 35.1 Å². The highest BCUT2D eigenvalue weighted by atomic mass is 32.2. The lowest BCUT2D eigenvalue weighted by atomic mass is 9.97. The van der Waals surface area contributed by atoms with Gasteiger partial charge in [-0.2, -0.15) is 9.40 Å². The average molecular weight is 300 g/mol. The first-order chi connectivity index (χ1) is 9.36. The first kappa shape index (κ1) is 15.3. The summed E-state index contributed by atoms with van der Waals surface area (Å²) in [6, 6.07) is 0.0186. The van der Waals surface area contributed by atoms with E-state index in [4.69, 9.17) is 5.73 Å². The largest absolute Gasteiger partial charge is 0.381 e. The van der Waals surface area contributed by atoms with Crippen molar-refractivity contribution >= 4 is 15.8 Å². The molecule has 0 bridgehead atoms. The van der Waals surface area contributed by atoms with Crippen LogP contribution in [-0.2, 0) is 16.6 Å². The van der Waals surface area contributed by atoms with Crippen molar-refractivity contribution < 1.29 is 8.42 Å². The number of anilines is 1. The third-order valence-corrected chi connectivity index (χ3v) is 5.85. The first-order valence-electron chi connectivity index (χ1n) is 7.21. The Labute approximate surface area is 121 Å². The second kappa shape index (κ2) is 5.73. The molecule has 1 fully saturated rings. The molecule has 114 valence electrons. The summed E-state index contributed by atoms with van der Waals surface area (Å²) in [7, 11) is -3.55. The van der Waals surface area contributed by atoms with Crippen molar-refractivity contribution in [3.63, 3.8) is 0 Å². The van der Waals surface area contributed by atoms with Crippen molar-refractivity contribution in [2.45, 2.75) is 57.5 Å². The number of hydrogen-bond donors (Lipinski definition) is 1. The molecule has 20 heavy (non-hydrogen) atoms. The van der Waals surface area contributed by atoms with Crippen molar-refractivity contribution in [2.24, 2.45) is 5.92 Å². The zero-order valence-corrected chi connectivity index (χ0v) is 13.2. The van der Waals surface area contributed by atoms with Crippen LogP contribution in [0.2, 0.25) is 0 Å². The van der Waals surface area contributed by atoms with Gasteiger partial charge in [0, 0.05) is 25.3 Å². The maximum absolute atomic E-state index is 12.8. The maximum Gasteiger partial charge on any atom is 0.248 e. The lowest BCUT2D eigenvalue weighted by Crippen LogP contribution is -2.44. The number of aryl methyl sites for hydroxylation is 1. The van der Waals surface area contributed by atoms with Gasteiger partial charge in [0.1, 0.15) is 4.90 Å². The predicted octanol–water partition coefficient (Wildman–Crippen LogP) is 1.68. The van der Waals surface area contributed by atoms with Crippen LogP contribution >= 0.6 is 0 Å². The Hall–Kier alpha value is -1.08. The fourth-order valence-electron chi connectivity index (χ4n) is 2.67. The fraction of sp³-hybridized carbons (Fsp3) is 0.769. The number of sulfonamides is 1. The molecule has 0 aliphatic carbocycles. The Morgan fingerprint density at radius 3 is 2.75 bits per heavy atom. The zero-order chi connectivity index (χ0) is 14.9. The Morgan fingerprint density at radius 2 is 2.10 bits per heavy atom. The molecule has 2 heterocycles. The first-order valence-corrected chi connectivity index (χ1v) is 8.65. The van der Waals surface area contributed by atoms with Gasteiger partial charge in [0.25, 0.3) is 0 Å². The minimum atomic E-state index is -3.55. The van der Waals surface area contributed by atoms with Gasteiger partial charge in [-0.05, 0) is 32.1 Å². The predicted molar refractivity (Wildman–Crippen MR) is 78.7 cm³/mol. The van der Waals surface area contributed by atoms with Gasteiger partial charge in [0.05, 0.1) is 0 Å². The minimum Gasteiger partial charge on any atom is -0.381 e. The molecule has 2 rings (SSSR count). The van der Waals surface area contributed by atoms with E-state index in [9.17, 15) is 8.42 Å². The molecular weight excluding hydrogens is 276 g/mol. The van der Waals surface area contributed by atoms with Crippen molar-refractivity contribution in [1.29, 1.82) is 0 Å². The topological polar surface area (TPSA) is 81.2 Å². The van der Waals surface area contributed by atoms with Crippen LogP contribution in [0.25, 0.3) is 0 Å². The molecule has 0 aromatic carbocycles. The summed E-state index contributed by atoms with van der Waals surface area (Å²) in [5, 5.41) is 4.09. The number of aromatic nitrogens is 2. The third kappa shape index (κ3) is 2.83. The van der Waals surface area contributed by atoms with Crippen molar-refractivity contribution in [1.82, 2.24) is 14.1 Å². The van der Waals surface area contributed by atoms with Gasteiger partial charge in [0.2, 0.25) is 10.0 Å². The quantitative estimate of drug-likeness (QED) is 0.917. The van der Waals surface area contributed by atoms with E-state index < -0.39 is 10.0 Å². The minimum absolute atomic E-state index is 0.0186. The molecule has 0 amide bonds. The summed E-state index contributed by atoms with van der Waals surface area (Å²) in [4.78, 5) is 0.145. The molecule has 2 atom stereocenters. The number of nitrogens with two attached hydrogens (primary N) is 1. The molecule has 1 aliphatic rings. The van der Waals surface area contributed by atoms with Gasteiger partial charge >= 0.3 is 0 Å². The van der Waals surface area contributed by atoms with E-state index in [0.717, 1.165) is 19.3 Å². The van der Waals surface area contributed by atoms with Gasteiger partial charge < -0.3 is 5.73 Å². The van der Waals surface area contributed by atoms with Crippen molar-refractivity contribution in [3.8, 4) is 0 Å². The Bertz CT molecular complexity index is 567. The summed E-state index contributed by atoms with van der Waals surface area (Å²) < 4.78 is 28.7. The van der Waals surface area contributed by atoms with Crippen LogP contribution < -0.4 is 5.73 Å². The smallest absolute Gasteiger partial charge is 0.248 e. The summed E-state index contributed by atoms with van der Waals surface area (Å²) in [5.74, 6) is 0.483. The number of rotatable bonds is 4. The van der Waals surface area contributed by atoms with Crippen LogP contribution in [0.5, 0.6) is 0 Å². The number of nitrogen functional groups attached to an aromatic ring is 1. The standard InChI is InChI=1S/C13H24N4O2S/c1-4-7-16-9-12(13(14)15-16)20(18,19)17-8-10(2)5-6-11(17)3/h9-11H,4-8H2,1-3H3,(H2,14,15). The van der Waals surface area contributed by atoms with E-state index in [-0.39, 0.29) is 16.8 Å². The molecular formula is C13H24N4O2S. The van der Waals surface area contributed by atoms with E-state index in [1.54, 1.807) is 15.2 Å². The summed E-state index contributed by atoms with van der Waals surface area (Å²) in [5.41, 5.74) is 5.81. The van der Waals surface area contributed by atoms with E-state index in [1.165, 1.54) is 0 Å². The van der Waals surface area contributed by atoms with Crippen LogP contribution in [0.15, 0.2) is 11.1 Å². The molecule has 6 nitrogen and oxygen atoms in total. The van der Waals surface area contributed by atoms with Gasteiger partial charge in [-0.15, -0.1) is 0 Å². The average Bonchev–Trinajstić information content (AvgIpc) is 2.74. The van der Waals surface area contributed by atoms with Crippen LogP contribution in [0, 0.1) is 5.92 Å². The fourth-order valence-corrected chi connectivity index (χ4v) is 4.51. The van der Waals surface area contributed by atoms with Crippen molar-refractivity contribution in [3.05, 3.63) is 6.20 Å². The highest BCUT2D eigenvalue weighted by molar-refractivity contribution is 7.89. The highest BCUT2D eigenvalue weighted by Gasteiger charge is 2.35. The monoisotopic (exact) mass is 300 g/mol. The number of nitrogens with zero attached hydrogens (tertiary/aromatic N) is 3. The molecule has 1 aromatic heterocycles. The molecule has 7 heteroatoms. The number of hydrogen-bond acceptors (Lipinski definition) is 4. The SMILES string of the molecule is CCCn1cc(S(=O)(=O)N2CC(C)CCC2C)c(N)n1. The van der Waals surface area contributed by atoms with E-state index in [1.807, 2.05) is 13.8 Å². The lowest BCUT2D eigenvalue weighted by molar-refractivity contribution is 0.218. The molecule has 1 aromatic rings. The Kier molecular flexibility index (Phi) is 4.39. The lowest BCUT2D eigenvalue weighted by Gasteiger charge is -2.35. The van der Waals surface area contributed by atoms with Crippen LogP contribution in [0.4, 0.5) is 5.82 Å². The number of piperidine rings is 1. The Balaban J connectivity index is 2.34.